The van der Waals surface area contributed by atoms with Crippen LogP contribution in [0.3, 0.4) is 0 Å². The van der Waals surface area contributed by atoms with E-state index in [-0.39, 0.29) is 13.2 Å². The fourth-order valence-corrected chi connectivity index (χ4v) is 2.59. The lowest BCUT2D eigenvalue weighted by Gasteiger charge is -2.32. The second-order valence-corrected chi connectivity index (χ2v) is 5.95. The Morgan fingerprint density at radius 1 is 1.39 bits per heavy atom. The van der Waals surface area contributed by atoms with Crippen LogP contribution in [0.25, 0.3) is 0 Å². The van der Waals surface area contributed by atoms with Gasteiger partial charge in [-0.05, 0) is 25.3 Å². The van der Waals surface area contributed by atoms with Crippen LogP contribution in [0.4, 0.5) is 9.59 Å². The van der Waals surface area contributed by atoms with Crippen LogP contribution in [0.15, 0.2) is 30.3 Å². The van der Waals surface area contributed by atoms with Gasteiger partial charge in [0.05, 0.1) is 11.6 Å². The summed E-state index contributed by atoms with van der Waals surface area (Å²) >= 11 is 0. The molecule has 1 fully saturated rings. The number of alkyl carbamates (subject to hydrolysis) is 1. The van der Waals surface area contributed by atoms with Gasteiger partial charge in [0.25, 0.3) is 0 Å². The van der Waals surface area contributed by atoms with Gasteiger partial charge in [-0.3, -0.25) is 0 Å². The number of likely N-dealkylation sites (tertiary alicyclic amines) is 1. The van der Waals surface area contributed by atoms with Gasteiger partial charge in [-0.15, -0.1) is 0 Å². The topological polar surface area (TPSA) is 99.1 Å². The Morgan fingerprint density at radius 3 is 2.74 bits per heavy atom. The van der Waals surface area contributed by atoms with Crippen molar-refractivity contribution in [2.45, 2.75) is 38.0 Å². The molecule has 2 unspecified atom stereocenters. The van der Waals surface area contributed by atoms with E-state index in [1.54, 1.807) is 6.92 Å². The lowest BCUT2D eigenvalue weighted by Crippen LogP contribution is -2.55. The van der Waals surface area contributed by atoms with Crippen molar-refractivity contribution in [2.24, 2.45) is 0 Å². The molecule has 0 aliphatic carbocycles. The first kappa shape index (κ1) is 17.1. The zero-order chi connectivity index (χ0) is 16.9. The van der Waals surface area contributed by atoms with Crippen molar-refractivity contribution in [3.63, 3.8) is 0 Å². The van der Waals surface area contributed by atoms with Crippen molar-refractivity contribution in [1.82, 2.24) is 10.2 Å². The number of amides is 2. The predicted octanol–water partition coefficient (Wildman–Crippen LogP) is 1.81. The van der Waals surface area contributed by atoms with E-state index in [4.69, 9.17) is 9.84 Å². The van der Waals surface area contributed by atoms with Crippen LogP contribution in [-0.2, 0) is 11.3 Å². The van der Waals surface area contributed by atoms with Crippen molar-refractivity contribution in [2.75, 3.05) is 13.1 Å². The molecule has 2 amide bonds. The lowest BCUT2D eigenvalue weighted by molar-refractivity contribution is 0.0111. The average molecular weight is 322 g/mol. The molecule has 126 valence electrons. The van der Waals surface area contributed by atoms with Gasteiger partial charge in [-0.25, -0.2) is 9.59 Å². The first-order chi connectivity index (χ1) is 10.9. The Balaban J connectivity index is 1.94. The summed E-state index contributed by atoms with van der Waals surface area (Å²) in [7, 11) is 0. The molecule has 23 heavy (non-hydrogen) atoms. The summed E-state index contributed by atoms with van der Waals surface area (Å²) in [5, 5.41) is 22.2. The number of ether oxygens (including phenoxy) is 1. The van der Waals surface area contributed by atoms with Crippen LogP contribution in [-0.4, -0.2) is 52.0 Å². The molecule has 1 heterocycles. The number of nitrogens with one attached hydrogen (secondary N) is 1. The Kier molecular flexibility index (Phi) is 5.44. The summed E-state index contributed by atoms with van der Waals surface area (Å²) in [6.45, 7) is 2.08. The minimum Gasteiger partial charge on any atom is -0.465 e. The Bertz CT molecular complexity index is 547. The number of aliphatic hydroxyl groups is 1. The van der Waals surface area contributed by atoms with E-state index in [0.29, 0.717) is 19.4 Å². The second kappa shape index (κ2) is 7.32. The van der Waals surface area contributed by atoms with Crippen molar-refractivity contribution in [3.8, 4) is 0 Å². The van der Waals surface area contributed by atoms with Crippen molar-refractivity contribution < 1.29 is 24.5 Å². The highest BCUT2D eigenvalue weighted by molar-refractivity contribution is 5.68. The molecule has 0 bridgehead atoms. The first-order valence-electron chi connectivity index (χ1n) is 7.56. The molecule has 0 radical (unpaired) electrons. The minimum absolute atomic E-state index is 0.0305. The number of benzene rings is 1. The molecule has 3 N–H and O–H groups in total. The summed E-state index contributed by atoms with van der Waals surface area (Å²) < 4.78 is 5.13. The summed E-state index contributed by atoms with van der Waals surface area (Å²) in [6, 6.07) is 8.51. The Hall–Kier alpha value is -2.28. The molecule has 1 aliphatic heterocycles. The maximum atomic E-state index is 12.0. The van der Waals surface area contributed by atoms with E-state index in [1.165, 1.54) is 4.90 Å². The summed E-state index contributed by atoms with van der Waals surface area (Å²) in [5.74, 6) is 0. The molecule has 1 saturated heterocycles. The monoisotopic (exact) mass is 322 g/mol. The zero-order valence-electron chi connectivity index (χ0n) is 13.1. The summed E-state index contributed by atoms with van der Waals surface area (Å²) in [4.78, 5) is 24.3. The van der Waals surface area contributed by atoms with Crippen LogP contribution in [0.1, 0.15) is 25.3 Å². The molecule has 1 aromatic carbocycles. The highest BCUT2D eigenvalue weighted by Gasteiger charge is 2.38. The van der Waals surface area contributed by atoms with Gasteiger partial charge in [-0.1, -0.05) is 30.3 Å². The SMILES string of the molecule is CC1(O)CCCN(C(=O)O)CC1NC(=O)OCc1ccccc1. The number of rotatable bonds is 3. The standard InChI is InChI=1S/C16H22N2O5/c1-16(22)8-5-9-18(15(20)21)10-13(16)17-14(19)23-11-12-6-3-2-4-7-12/h2-4,6-7,13,22H,5,8-11H2,1H3,(H,17,19)(H,20,21). The van der Waals surface area contributed by atoms with Gasteiger partial charge in [0, 0.05) is 13.1 Å². The number of carbonyl (C=O) groups is 2. The van der Waals surface area contributed by atoms with Crippen molar-refractivity contribution >= 4 is 12.2 Å². The minimum atomic E-state index is -1.18. The highest BCUT2D eigenvalue weighted by atomic mass is 16.5. The maximum absolute atomic E-state index is 12.0. The van der Waals surface area contributed by atoms with Crippen molar-refractivity contribution in [1.29, 1.82) is 0 Å². The quantitative estimate of drug-likeness (QED) is 0.788. The molecule has 0 spiro atoms. The predicted molar refractivity (Wildman–Crippen MR) is 83.0 cm³/mol. The van der Waals surface area contributed by atoms with E-state index in [0.717, 1.165) is 5.56 Å². The van der Waals surface area contributed by atoms with Gasteiger partial charge in [0.1, 0.15) is 6.61 Å². The Labute approximate surface area is 134 Å². The largest absolute Gasteiger partial charge is 0.465 e. The lowest BCUT2D eigenvalue weighted by atomic mass is 9.92. The highest BCUT2D eigenvalue weighted by Crippen LogP contribution is 2.22. The third-order valence-electron chi connectivity index (χ3n) is 4.04. The maximum Gasteiger partial charge on any atom is 0.407 e. The van der Waals surface area contributed by atoms with E-state index in [9.17, 15) is 14.7 Å². The van der Waals surface area contributed by atoms with Crippen LogP contribution >= 0.6 is 0 Å². The molecule has 1 aliphatic rings. The molecular weight excluding hydrogens is 300 g/mol. The molecule has 2 rings (SSSR count). The fraction of sp³-hybridized carbons (Fsp3) is 0.500. The van der Waals surface area contributed by atoms with Crippen LogP contribution < -0.4 is 5.32 Å². The van der Waals surface area contributed by atoms with Gasteiger partial charge < -0.3 is 25.2 Å². The average Bonchev–Trinajstić information content (AvgIpc) is 2.65. The van der Waals surface area contributed by atoms with Gasteiger partial charge in [0.2, 0.25) is 0 Å². The molecule has 7 nitrogen and oxygen atoms in total. The Morgan fingerprint density at radius 2 is 2.09 bits per heavy atom. The van der Waals surface area contributed by atoms with Crippen LogP contribution in [0, 0.1) is 0 Å². The number of hydrogen-bond donors (Lipinski definition) is 3. The van der Waals surface area contributed by atoms with Crippen molar-refractivity contribution in [3.05, 3.63) is 35.9 Å². The molecule has 1 aromatic rings. The normalized spacial score (nSPS) is 24.6. The molecular formula is C16H22N2O5. The van der Waals surface area contributed by atoms with E-state index in [2.05, 4.69) is 5.32 Å². The van der Waals surface area contributed by atoms with Crippen LogP contribution in [0.5, 0.6) is 0 Å². The summed E-state index contributed by atoms with van der Waals surface area (Å²) in [5.41, 5.74) is -0.335. The van der Waals surface area contributed by atoms with Crippen LogP contribution in [0.2, 0.25) is 0 Å². The zero-order valence-corrected chi connectivity index (χ0v) is 13.1. The van der Waals surface area contributed by atoms with Gasteiger partial charge in [0.15, 0.2) is 0 Å². The molecule has 2 atom stereocenters. The number of nitrogens with zero attached hydrogens (tertiary/aromatic N) is 1. The number of carbonyl (C=O) groups excluding carboxylic acids is 1. The van der Waals surface area contributed by atoms with E-state index < -0.39 is 23.8 Å². The van der Waals surface area contributed by atoms with E-state index in [1.807, 2.05) is 30.3 Å². The third kappa shape index (κ3) is 4.85. The van der Waals surface area contributed by atoms with Gasteiger partial charge in [-0.2, -0.15) is 0 Å². The second-order valence-electron chi connectivity index (χ2n) is 5.95. The van der Waals surface area contributed by atoms with Gasteiger partial charge >= 0.3 is 12.2 Å². The molecule has 0 aromatic heterocycles. The number of carboxylic acid groups (broad SMARTS) is 1. The van der Waals surface area contributed by atoms with E-state index >= 15 is 0 Å². The molecule has 7 heteroatoms. The fourth-order valence-electron chi connectivity index (χ4n) is 2.59. The smallest absolute Gasteiger partial charge is 0.407 e. The summed E-state index contributed by atoms with van der Waals surface area (Å²) in [6.07, 6.45) is -0.796. The molecule has 0 saturated carbocycles. The third-order valence-corrected chi connectivity index (χ3v) is 4.04. The first-order valence-corrected chi connectivity index (χ1v) is 7.56. The number of hydrogen-bond acceptors (Lipinski definition) is 4.